The van der Waals surface area contributed by atoms with Gasteiger partial charge in [-0.25, -0.2) is 4.79 Å². The van der Waals surface area contributed by atoms with Crippen molar-refractivity contribution in [1.82, 2.24) is 0 Å². The summed E-state index contributed by atoms with van der Waals surface area (Å²) in [5.41, 5.74) is 2.43. The molecule has 0 spiro atoms. The van der Waals surface area contributed by atoms with Gasteiger partial charge in [-0.1, -0.05) is 48.5 Å². The lowest BCUT2D eigenvalue weighted by Crippen LogP contribution is -2.05. The van der Waals surface area contributed by atoms with Gasteiger partial charge in [0.25, 0.3) is 0 Å². The molecule has 0 fully saturated rings. The van der Waals surface area contributed by atoms with Crippen LogP contribution in [-0.4, -0.2) is 18.0 Å². The summed E-state index contributed by atoms with van der Waals surface area (Å²) in [5, 5.41) is 10.4. The van der Waals surface area contributed by atoms with E-state index < -0.39 is 10.9 Å². The van der Waals surface area contributed by atoms with E-state index in [1.165, 1.54) is 25.3 Å². The summed E-state index contributed by atoms with van der Waals surface area (Å²) >= 11 is 0. The number of carbonyl (C=O) groups is 1. The maximum Gasteiger partial charge on any atom is 0.336 e. The second-order valence-electron chi connectivity index (χ2n) is 6.61. The third-order valence-corrected chi connectivity index (χ3v) is 4.33. The van der Waals surface area contributed by atoms with Crippen molar-refractivity contribution >= 4 is 18.1 Å². The van der Waals surface area contributed by atoms with E-state index >= 15 is 0 Å². The van der Waals surface area contributed by atoms with Crippen LogP contribution in [0.1, 0.15) is 16.7 Å². The molecule has 0 aliphatic rings. The standard InChI is InChI=1S/C25H21NO6/c1-30-24-17-20(15-16-26(28)29)9-13-23(24)32-25(27)14-10-19-7-11-22(12-8-19)31-18-21-5-3-2-4-6-21/h2-17H,18H2,1H3/b14-10+,16-15+. The van der Waals surface area contributed by atoms with Gasteiger partial charge in [0.1, 0.15) is 12.4 Å². The summed E-state index contributed by atoms with van der Waals surface area (Å²) in [6.45, 7) is 0.477. The SMILES string of the molecule is COc1cc(/C=C/[N+](=O)[O-])ccc1OC(=O)/C=C/c1ccc(OCc2ccccc2)cc1. The first kappa shape index (κ1) is 22.3. The number of rotatable bonds is 9. The molecular formula is C25H21NO6. The number of nitro groups is 1. The van der Waals surface area contributed by atoms with Crippen LogP contribution in [0.25, 0.3) is 12.2 Å². The van der Waals surface area contributed by atoms with Gasteiger partial charge in [-0.05, 0) is 47.0 Å². The fraction of sp³-hybridized carbons (Fsp3) is 0.0800. The Bertz CT molecular complexity index is 1120. The van der Waals surface area contributed by atoms with E-state index in [0.29, 0.717) is 12.2 Å². The second kappa shape index (κ2) is 11.1. The van der Waals surface area contributed by atoms with Crippen molar-refractivity contribution in [3.8, 4) is 17.2 Å². The largest absolute Gasteiger partial charge is 0.493 e. The molecule has 7 nitrogen and oxygen atoms in total. The Hall–Kier alpha value is -4.39. The predicted molar refractivity (Wildman–Crippen MR) is 121 cm³/mol. The summed E-state index contributed by atoms with van der Waals surface area (Å²) in [7, 11) is 1.42. The number of hydrogen-bond acceptors (Lipinski definition) is 6. The molecule has 0 radical (unpaired) electrons. The van der Waals surface area contributed by atoms with Gasteiger partial charge in [-0.2, -0.15) is 0 Å². The van der Waals surface area contributed by atoms with Gasteiger partial charge in [-0.3, -0.25) is 10.1 Å². The van der Waals surface area contributed by atoms with E-state index in [4.69, 9.17) is 14.2 Å². The van der Waals surface area contributed by atoms with Crippen molar-refractivity contribution in [3.05, 3.63) is 112 Å². The zero-order valence-corrected chi connectivity index (χ0v) is 17.3. The van der Waals surface area contributed by atoms with Gasteiger partial charge < -0.3 is 14.2 Å². The summed E-state index contributed by atoms with van der Waals surface area (Å²) in [4.78, 5) is 22.1. The van der Waals surface area contributed by atoms with E-state index in [1.807, 2.05) is 54.6 Å². The Morgan fingerprint density at radius 2 is 1.66 bits per heavy atom. The van der Waals surface area contributed by atoms with Gasteiger partial charge in [0, 0.05) is 12.2 Å². The molecule has 0 bridgehead atoms. The van der Waals surface area contributed by atoms with Crippen LogP contribution < -0.4 is 14.2 Å². The third-order valence-electron chi connectivity index (χ3n) is 4.33. The smallest absolute Gasteiger partial charge is 0.336 e. The minimum atomic E-state index is -0.582. The first-order valence-electron chi connectivity index (χ1n) is 9.70. The molecule has 0 heterocycles. The molecule has 7 heteroatoms. The maximum atomic E-state index is 12.2. The number of benzene rings is 3. The van der Waals surface area contributed by atoms with Crippen LogP contribution in [0.3, 0.4) is 0 Å². The quantitative estimate of drug-likeness (QED) is 0.153. The van der Waals surface area contributed by atoms with Crippen LogP contribution in [0.5, 0.6) is 17.2 Å². The van der Waals surface area contributed by atoms with E-state index in [0.717, 1.165) is 23.1 Å². The zero-order valence-electron chi connectivity index (χ0n) is 17.3. The molecular weight excluding hydrogens is 410 g/mol. The second-order valence-corrected chi connectivity index (χ2v) is 6.61. The minimum Gasteiger partial charge on any atom is -0.493 e. The summed E-state index contributed by atoms with van der Waals surface area (Å²) in [6, 6.07) is 21.8. The average Bonchev–Trinajstić information content (AvgIpc) is 2.82. The maximum absolute atomic E-state index is 12.2. The normalized spacial score (nSPS) is 10.9. The highest BCUT2D eigenvalue weighted by atomic mass is 16.6. The Balaban J connectivity index is 1.57. The first-order chi connectivity index (χ1) is 15.5. The van der Waals surface area contributed by atoms with E-state index in [1.54, 1.807) is 18.2 Å². The van der Waals surface area contributed by atoms with Crippen molar-refractivity contribution in [1.29, 1.82) is 0 Å². The number of carbonyl (C=O) groups excluding carboxylic acids is 1. The van der Waals surface area contributed by atoms with E-state index in [-0.39, 0.29) is 11.5 Å². The minimum absolute atomic E-state index is 0.213. The Labute approximate surface area is 185 Å². The highest BCUT2D eigenvalue weighted by molar-refractivity contribution is 5.89. The zero-order chi connectivity index (χ0) is 22.8. The Morgan fingerprint density at radius 1 is 0.938 bits per heavy atom. The van der Waals surface area contributed by atoms with Crippen molar-refractivity contribution < 1.29 is 23.9 Å². The molecule has 32 heavy (non-hydrogen) atoms. The molecule has 0 amide bonds. The van der Waals surface area contributed by atoms with Gasteiger partial charge in [0.15, 0.2) is 11.5 Å². The monoisotopic (exact) mass is 431 g/mol. The number of hydrogen-bond donors (Lipinski definition) is 0. The van der Waals surface area contributed by atoms with Crippen LogP contribution in [0, 0.1) is 10.1 Å². The lowest BCUT2D eigenvalue weighted by Gasteiger charge is -2.08. The molecule has 0 aromatic heterocycles. The molecule has 0 aliphatic carbocycles. The van der Waals surface area contributed by atoms with Gasteiger partial charge in [0.2, 0.25) is 6.20 Å². The van der Waals surface area contributed by atoms with Crippen LogP contribution in [0.2, 0.25) is 0 Å². The molecule has 162 valence electrons. The van der Waals surface area contributed by atoms with Gasteiger partial charge in [0.05, 0.1) is 12.0 Å². The van der Waals surface area contributed by atoms with Crippen molar-refractivity contribution in [3.63, 3.8) is 0 Å². The number of nitrogens with zero attached hydrogens (tertiary/aromatic N) is 1. The molecule has 3 aromatic rings. The number of esters is 1. The van der Waals surface area contributed by atoms with Crippen molar-refractivity contribution in [2.45, 2.75) is 6.61 Å². The molecule has 0 unspecified atom stereocenters. The summed E-state index contributed by atoms with van der Waals surface area (Å²) in [6.07, 6.45) is 5.08. The summed E-state index contributed by atoms with van der Waals surface area (Å²) in [5.74, 6) is 0.646. The van der Waals surface area contributed by atoms with Crippen LogP contribution in [0.4, 0.5) is 0 Å². The molecule has 3 aromatic carbocycles. The van der Waals surface area contributed by atoms with E-state index in [9.17, 15) is 14.9 Å². The van der Waals surface area contributed by atoms with Crippen molar-refractivity contribution in [2.75, 3.05) is 7.11 Å². The highest BCUT2D eigenvalue weighted by Gasteiger charge is 2.09. The fourth-order valence-corrected chi connectivity index (χ4v) is 2.74. The van der Waals surface area contributed by atoms with Gasteiger partial charge in [-0.15, -0.1) is 0 Å². The molecule has 0 saturated heterocycles. The lowest BCUT2D eigenvalue weighted by atomic mass is 10.2. The molecule has 0 atom stereocenters. The predicted octanol–water partition coefficient (Wildman–Crippen LogP) is 5.14. The van der Waals surface area contributed by atoms with Gasteiger partial charge >= 0.3 is 5.97 Å². The van der Waals surface area contributed by atoms with Crippen molar-refractivity contribution in [2.24, 2.45) is 0 Å². The average molecular weight is 431 g/mol. The molecule has 0 saturated carbocycles. The van der Waals surface area contributed by atoms with Crippen LogP contribution in [-0.2, 0) is 11.4 Å². The fourth-order valence-electron chi connectivity index (χ4n) is 2.74. The number of methoxy groups -OCH3 is 1. The first-order valence-corrected chi connectivity index (χ1v) is 9.70. The molecule has 3 rings (SSSR count). The molecule has 0 aliphatic heterocycles. The van der Waals surface area contributed by atoms with E-state index in [2.05, 4.69) is 0 Å². The highest BCUT2D eigenvalue weighted by Crippen LogP contribution is 2.29. The molecule has 0 N–H and O–H groups in total. The third kappa shape index (κ3) is 6.84. The van der Waals surface area contributed by atoms with Crippen LogP contribution in [0.15, 0.2) is 85.1 Å². The van der Waals surface area contributed by atoms with Crippen LogP contribution >= 0.6 is 0 Å². The lowest BCUT2D eigenvalue weighted by molar-refractivity contribution is -0.400. The Kier molecular flexibility index (Phi) is 7.75. The topological polar surface area (TPSA) is 87.9 Å². The summed E-state index contributed by atoms with van der Waals surface area (Å²) < 4.78 is 16.3. The number of ether oxygens (including phenoxy) is 3. The Morgan fingerprint density at radius 3 is 2.34 bits per heavy atom.